The Morgan fingerprint density at radius 2 is 1.60 bits per heavy atom. The third kappa shape index (κ3) is 5.17. The fraction of sp³-hybridized carbons (Fsp3) is 0.211. The summed E-state index contributed by atoms with van der Waals surface area (Å²) in [4.78, 5) is 34.8. The lowest BCUT2D eigenvalue weighted by atomic mass is 10.0. The van der Waals surface area contributed by atoms with Crippen LogP contribution >= 0.6 is 0 Å². The van der Waals surface area contributed by atoms with Crippen molar-refractivity contribution in [3.63, 3.8) is 0 Å². The van der Waals surface area contributed by atoms with Gasteiger partial charge in [0.25, 0.3) is 11.8 Å². The fourth-order valence-corrected chi connectivity index (χ4v) is 2.30. The van der Waals surface area contributed by atoms with Gasteiger partial charge in [-0.25, -0.2) is 0 Å². The van der Waals surface area contributed by atoms with E-state index in [1.54, 1.807) is 24.3 Å². The first-order chi connectivity index (χ1) is 11.9. The maximum Gasteiger partial charge on any atom is 0.251 e. The van der Waals surface area contributed by atoms with Gasteiger partial charge < -0.3 is 16.4 Å². The standard InChI is InChI=1S/C19H21N3O3/c1-12-3-4-13(2)16(9-12)19(25)21-10-14-5-7-15(8-6-14)18(24)22-11-17(20)23/h3-9H,10-11H2,1-2H3,(H2,20,23)(H,21,25)(H,22,24). The Hall–Kier alpha value is -3.15. The lowest BCUT2D eigenvalue weighted by Crippen LogP contribution is -2.33. The van der Waals surface area contributed by atoms with Crippen molar-refractivity contribution < 1.29 is 14.4 Å². The number of nitrogens with one attached hydrogen (secondary N) is 2. The first-order valence-corrected chi connectivity index (χ1v) is 7.87. The molecule has 2 aromatic carbocycles. The van der Waals surface area contributed by atoms with Crippen LogP contribution in [-0.4, -0.2) is 24.3 Å². The van der Waals surface area contributed by atoms with Crippen LogP contribution in [0.5, 0.6) is 0 Å². The van der Waals surface area contributed by atoms with Crippen molar-refractivity contribution in [1.82, 2.24) is 10.6 Å². The molecule has 0 heterocycles. The molecule has 0 aliphatic rings. The Bertz CT molecular complexity index is 798. The van der Waals surface area contributed by atoms with Crippen LogP contribution < -0.4 is 16.4 Å². The minimum absolute atomic E-state index is 0.135. The molecule has 0 radical (unpaired) electrons. The highest BCUT2D eigenvalue weighted by molar-refractivity contribution is 5.96. The van der Waals surface area contributed by atoms with Crippen molar-refractivity contribution in [3.8, 4) is 0 Å². The predicted octanol–water partition coefficient (Wildman–Crippen LogP) is 1.45. The van der Waals surface area contributed by atoms with Gasteiger partial charge in [0.15, 0.2) is 0 Å². The number of carbonyl (C=O) groups is 3. The zero-order valence-electron chi connectivity index (χ0n) is 14.3. The lowest BCUT2D eigenvalue weighted by molar-refractivity contribution is -0.117. The van der Waals surface area contributed by atoms with Crippen LogP contribution in [0.4, 0.5) is 0 Å². The number of rotatable bonds is 6. The maximum absolute atomic E-state index is 12.3. The van der Waals surface area contributed by atoms with Gasteiger partial charge in [0.1, 0.15) is 0 Å². The van der Waals surface area contributed by atoms with E-state index in [9.17, 15) is 14.4 Å². The highest BCUT2D eigenvalue weighted by Crippen LogP contribution is 2.11. The molecular formula is C19H21N3O3. The van der Waals surface area contributed by atoms with Gasteiger partial charge in [0.2, 0.25) is 5.91 Å². The van der Waals surface area contributed by atoms with E-state index in [-0.39, 0.29) is 18.4 Å². The molecule has 0 spiro atoms. The molecule has 0 fully saturated rings. The van der Waals surface area contributed by atoms with Crippen molar-refractivity contribution in [2.24, 2.45) is 5.73 Å². The quantitative estimate of drug-likeness (QED) is 0.742. The average Bonchev–Trinajstić information content (AvgIpc) is 2.60. The molecule has 0 bridgehead atoms. The molecule has 0 aliphatic heterocycles. The number of amides is 3. The summed E-state index contributed by atoms with van der Waals surface area (Å²) in [6.45, 7) is 3.99. The summed E-state index contributed by atoms with van der Waals surface area (Å²) in [6, 6.07) is 12.5. The summed E-state index contributed by atoms with van der Waals surface area (Å²) in [5, 5.41) is 5.29. The first-order valence-electron chi connectivity index (χ1n) is 7.87. The van der Waals surface area contributed by atoms with Crippen LogP contribution in [0.3, 0.4) is 0 Å². The molecule has 25 heavy (non-hydrogen) atoms. The molecule has 130 valence electrons. The fourth-order valence-electron chi connectivity index (χ4n) is 2.30. The molecule has 3 amide bonds. The van der Waals surface area contributed by atoms with Gasteiger partial charge in [-0.3, -0.25) is 14.4 Å². The second-order valence-electron chi connectivity index (χ2n) is 5.85. The van der Waals surface area contributed by atoms with E-state index in [2.05, 4.69) is 10.6 Å². The van der Waals surface area contributed by atoms with Gasteiger partial charge in [0, 0.05) is 17.7 Å². The van der Waals surface area contributed by atoms with Crippen molar-refractivity contribution in [2.45, 2.75) is 20.4 Å². The van der Waals surface area contributed by atoms with Crippen LogP contribution in [-0.2, 0) is 11.3 Å². The van der Waals surface area contributed by atoms with Crippen molar-refractivity contribution in [3.05, 3.63) is 70.3 Å². The molecule has 4 N–H and O–H groups in total. The van der Waals surface area contributed by atoms with Crippen molar-refractivity contribution in [2.75, 3.05) is 6.54 Å². The molecule has 0 aromatic heterocycles. The molecule has 0 saturated carbocycles. The number of hydrogen-bond donors (Lipinski definition) is 3. The van der Waals surface area contributed by atoms with Gasteiger partial charge in [-0.1, -0.05) is 29.8 Å². The van der Waals surface area contributed by atoms with E-state index >= 15 is 0 Å². The predicted molar refractivity (Wildman–Crippen MR) is 95.1 cm³/mol. The van der Waals surface area contributed by atoms with Crippen LogP contribution in [0, 0.1) is 13.8 Å². The van der Waals surface area contributed by atoms with Gasteiger partial charge in [-0.2, -0.15) is 0 Å². The molecule has 0 aliphatic carbocycles. The minimum Gasteiger partial charge on any atom is -0.368 e. The Morgan fingerprint density at radius 3 is 2.24 bits per heavy atom. The summed E-state index contributed by atoms with van der Waals surface area (Å²) < 4.78 is 0. The van der Waals surface area contributed by atoms with Crippen molar-refractivity contribution in [1.29, 1.82) is 0 Å². The third-order valence-electron chi connectivity index (χ3n) is 3.73. The van der Waals surface area contributed by atoms with Crippen LogP contribution in [0.2, 0.25) is 0 Å². The molecule has 0 unspecified atom stereocenters. The zero-order valence-corrected chi connectivity index (χ0v) is 14.3. The van der Waals surface area contributed by atoms with E-state index in [4.69, 9.17) is 5.73 Å². The topological polar surface area (TPSA) is 101 Å². The number of benzene rings is 2. The zero-order chi connectivity index (χ0) is 18.4. The SMILES string of the molecule is Cc1ccc(C)c(C(=O)NCc2ccc(C(=O)NCC(N)=O)cc2)c1. The van der Waals surface area contributed by atoms with Gasteiger partial charge >= 0.3 is 0 Å². The van der Waals surface area contributed by atoms with Gasteiger partial charge in [0.05, 0.1) is 6.54 Å². The smallest absolute Gasteiger partial charge is 0.251 e. The first kappa shape index (κ1) is 18.2. The third-order valence-corrected chi connectivity index (χ3v) is 3.73. The number of aryl methyl sites for hydroxylation is 2. The lowest BCUT2D eigenvalue weighted by Gasteiger charge is -2.09. The van der Waals surface area contributed by atoms with Crippen molar-refractivity contribution >= 4 is 17.7 Å². The molecule has 2 rings (SSSR count). The highest BCUT2D eigenvalue weighted by atomic mass is 16.2. The van der Waals surface area contributed by atoms with E-state index < -0.39 is 5.91 Å². The Labute approximate surface area is 146 Å². The molecule has 0 saturated heterocycles. The maximum atomic E-state index is 12.3. The number of nitrogens with two attached hydrogens (primary N) is 1. The van der Waals surface area contributed by atoms with Gasteiger partial charge in [-0.05, 0) is 43.2 Å². The molecule has 6 nitrogen and oxygen atoms in total. The number of hydrogen-bond acceptors (Lipinski definition) is 3. The normalized spacial score (nSPS) is 10.2. The second kappa shape index (κ2) is 8.10. The second-order valence-corrected chi connectivity index (χ2v) is 5.85. The van der Waals surface area contributed by atoms with E-state index in [0.29, 0.717) is 17.7 Å². The number of carbonyl (C=O) groups excluding carboxylic acids is 3. The Balaban J connectivity index is 1.95. The van der Waals surface area contributed by atoms with Crippen LogP contribution in [0.15, 0.2) is 42.5 Å². The monoisotopic (exact) mass is 339 g/mol. The van der Waals surface area contributed by atoms with E-state index in [1.165, 1.54) is 0 Å². The van der Waals surface area contributed by atoms with E-state index in [0.717, 1.165) is 16.7 Å². The summed E-state index contributed by atoms with van der Waals surface area (Å²) in [6.07, 6.45) is 0. The Kier molecular flexibility index (Phi) is 5.89. The highest BCUT2D eigenvalue weighted by Gasteiger charge is 2.10. The molecule has 0 atom stereocenters. The molecule has 6 heteroatoms. The summed E-state index contributed by atoms with van der Waals surface area (Å²) >= 11 is 0. The van der Waals surface area contributed by atoms with Crippen LogP contribution in [0.25, 0.3) is 0 Å². The van der Waals surface area contributed by atoms with Crippen LogP contribution in [0.1, 0.15) is 37.4 Å². The average molecular weight is 339 g/mol. The largest absolute Gasteiger partial charge is 0.368 e. The number of primary amides is 1. The Morgan fingerprint density at radius 1 is 0.920 bits per heavy atom. The summed E-state index contributed by atoms with van der Waals surface area (Å²) in [5.74, 6) is -1.10. The summed E-state index contributed by atoms with van der Waals surface area (Å²) in [7, 11) is 0. The molecular weight excluding hydrogens is 318 g/mol. The van der Waals surface area contributed by atoms with Gasteiger partial charge in [-0.15, -0.1) is 0 Å². The van der Waals surface area contributed by atoms with E-state index in [1.807, 2.05) is 32.0 Å². The summed E-state index contributed by atoms with van der Waals surface area (Å²) in [5.41, 5.74) is 8.88. The molecule has 2 aromatic rings. The minimum atomic E-state index is -0.598.